The van der Waals surface area contributed by atoms with Gasteiger partial charge in [-0.3, -0.25) is 4.79 Å². The molecule has 0 heterocycles. The summed E-state index contributed by atoms with van der Waals surface area (Å²) in [6.45, 7) is 6.76. The summed E-state index contributed by atoms with van der Waals surface area (Å²) in [6, 6.07) is 7.52. The minimum atomic E-state index is -1.01. The molecule has 0 aliphatic heterocycles. The number of benzene rings is 1. The van der Waals surface area contributed by atoms with Gasteiger partial charge in [-0.2, -0.15) is 0 Å². The fourth-order valence-electron chi connectivity index (χ4n) is 1.38. The van der Waals surface area contributed by atoms with E-state index >= 15 is 0 Å². The van der Waals surface area contributed by atoms with Crippen molar-refractivity contribution in [1.82, 2.24) is 0 Å². The van der Waals surface area contributed by atoms with Gasteiger partial charge in [-0.05, 0) is 25.0 Å². The second kappa shape index (κ2) is 7.15. The van der Waals surface area contributed by atoms with Gasteiger partial charge >= 0.3 is 11.9 Å². The first-order valence-corrected chi connectivity index (χ1v) is 5.96. The minimum Gasteiger partial charge on any atom is -0.466 e. The molecule has 0 aliphatic rings. The Balaban J connectivity index is 2.95. The molecule has 0 fully saturated rings. The molecule has 0 amide bonds. The molecule has 0 radical (unpaired) electrons. The predicted octanol–water partition coefficient (Wildman–Crippen LogP) is 2.01. The number of carbonyl (C=O) groups excluding carboxylic acids is 2. The molecule has 0 N–H and O–H groups in total. The second-order valence-electron chi connectivity index (χ2n) is 4.14. The molecule has 1 aromatic carbocycles. The smallest absolute Gasteiger partial charge is 0.337 e. The lowest BCUT2D eigenvalue weighted by Gasteiger charge is -2.11. The third-order valence-electron chi connectivity index (χ3n) is 2.45. The van der Waals surface area contributed by atoms with E-state index in [1.807, 2.05) is 31.2 Å². The fourth-order valence-corrected chi connectivity index (χ4v) is 1.38. The van der Waals surface area contributed by atoms with E-state index in [1.165, 1.54) is 14.0 Å². The lowest BCUT2D eigenvalue weighted by atomic mass is 10.1. The molecule has 0 aliphatic carbocycles. The van der Waals surface area contributed by atoms with E-state index in [0.717, 1.165) is 11.1 Å². The van der Waals surface area contributed by atoms with Gasteiger partial charge in [0.25, 0.3) is 0 Å². The number of methoxy groups -OCH3 is 1. The van der Waals surface area contributed by atoms with Crippen LogP contribution in [0.1, 0.15) is 18.1 Å². The SMILES string of the molecule is C=C(C(=O)OC)C(C#Cc1ccc(C)cc1)OC(C)=O. The Bertz CT molecular complexity index is 573. The van der Waals surface area contributed by atoms with E-state index < -0.39 is 18.0 Å². The summed E-state index contributed by atoms with van der Waals surface area (Å²) in [6.07, 6.45) is -1.01. The van der Waals surface area contributed by atoms with Crippen molar-refractivity contribution in [1.29, 1.82) is 0 Å². The van der Waals surface area contributed by atoms with Crippen LogP contribution < -0.4 is 0 Å². The monoisotopic (exact) mass is 272 g/mol. The third-order valence-corrected chi connectivity index (χ3v) is 2.45. The van der Waals surface area contributed by atoms with E-state index in [1.54, 1.807) is 0 Å². The van der Waals surface area contributed by atoms with Crippen molar-refractivity contribution in [3.63, 3.8) is 0 Å². The van der Waals surface area contributed by atoms with Crippen LogP contribution in [-0.2, 0) is 19.1 Å². The molecular weight excluding hydrogens is 256 g/mol. The van der Waals surface area contributed by atoms with Crippen molar-refractivity contribution >= 4 is 11.9 Å². The van der Waals surface area contributed by atoms with Crippen LogP contribution in [0.25, 0.3) is 0 Å². The Kier molecular flexibility index (Phi) is 5.55. The lowest BCUT2D eigenvalue weighted by Crippen LogP contribution is -2.22. The highest BCUT2D eigenvalue weighted by Crippen LogP contribution is 2.08. The molecule has 1 aromatic rings. The highest BCUT2D eigenvalue weighted by molar-refractivity contribution is 5.90. The number of ether oxygens (including phenoxy) is 2. The zero-order valence-corrected chi connectivity index (χ0v) is 11.7. The molecule has 0 saturated heterocycles. The summed E-state index contributed by atoms with van der Waals surface area (Å²) in [5.74, 6) is 4.35. The van der Waals surface area contributed by atoms with E-state index in [0.29, 0.717) is 0 Å². The van der Waals surface area contributed by atoms with Gasteiger partial charge in [-0.25, -0.2) is 4.79 Å². The molecule has 1 atom stereocenters. The van der Waals surface area contributed by atoms with Gasteiger partial charge in [0.2, 0.25) is 0 Å². The van der Waals surface area contributed by atoms with Crippen LogP contribution in [0, 0.1) is 18.8 Å². The first kappa shape index (κ1) is 15.5. The van der Waals surface area contributed by atoms with Gasteiger partial charge < -0.3 is 9.47 Å². The zero-order valence-electron chi connectivity index (χ0n) is 11.7. The van der Waals surface area contributed by atoms with Crippen molar-refractivity contribution < 1.29 is 19.1 Å². The predicted molar refractivity (Wildman–Crippen MR) is 74.8 cm³/mol. The molecule has 0 spiro atoms. The summed E-state index contributed by atoms with van der Waals surface area (Å²) in [5, 5.41) is 0. The lowest BCUT2D eigenvalue weighted by molar-refractivity contribution is -0.144. The molecule has 4 heteroatoms. The fraction of sp³-hybridized carbons (Fsp3) is 0.250. The quantitative estimate of drug-likeness (QED) is 0.480. The van der Waals surface area contributed by atoms with Gasteiger partial charge in [0.15, 0.2) is 6.10 Å². The van der Waals surface area contributed by atoms with Crippen molar-refractivity contribution in [2.45, 2.75) is 20.0 Å². The number of hydrogen-bond donors (Lipinski definition) is 0. The Morgan fingerprint density at radius 2 is 1.85 bits per heavy atom. The average Bonchev–Trinajstić information content (AvgIpc) is 2.43. The summed E-state index contributed by atoms with van der Waals surface area (Å²) < 4.78 is 9.51. The number of carbonyl (C=O) groups is 2. The van der Waals surface area contributed by atoms with Crippen LogP contribution in [0.15, 0.2) is 36.4 Å². The van der Waals surface area contributed by atoms with Crippen LogP contribution in [0.3, 0.4) is 0 Å². The van der Waals surface area contributed by atoms with E-state index in [2.05, 4.69) is 23.2 Å². The molecular formula is C16H16O4. The highest BCUT2D eigenvalue weighted by atomic mass is 16.6. The summed E-state index contributed by atoms with van der Waals surface area (Å²) >= 11 is 0. The Hall–Kier alpha value is -2.54. The molecule has 0 aromatic heterocycles. The number of aryl methyl sites for hydroxylation is 1. The molecule has 1 rings (SSSR count). The van der Waals surface area contributed by atoms with Crippen molar-refractivity contribution in [3.8, 4) is 11.8 Å². The number of esters is 2. The molecule has 0 bridgehead atoms. The van der Waals surface area contributed by atoms with Crippen LogP contribution in [-0.4, -0.2) is 25.2 Å². The molecule has 1 unspecified atom stereocenters. The summed E-state index contributed by atoms with van der Waals surface area (Å²) in [4.78, 5) is 22.5. The maximum absolute atomic E-state index is 11.4. The van der Waals surface area contributed by atoms with Gasteiger partial charge in [0.1, 0.15) is 0 Å². The Morgan fingerprint density at radius 1 is 1.25 bits per heavy atom. The zero-order chi connectivity index (χ0) is 15.1. The van der Waals surface area contributed by atoms with Crippen LogP contribution >= 0.6 is 0 Å². The van der Waals surface area contributed by atoms with Gasteiger partial charge in [-0.15, -0.1) is 0 Å². The van der Waals surface area contributed by atoms with Crippen molar-refractivity contribution in [2.75, 3.05) is 7.11 Å². The van der Waals surface area contributed by atoms with Crippen LogP contribution in [0.5, 0.6) is 0 Å². The number of hydrogen-bond acceptors (Lipinski definition) is 4. The molecule has 20 heavy (non-hydrogen) atoms. The average molecular weight is 272 g/mol. The van der Waals surface area contributed by atoms with E-state index in [4.69, 9.17) is 4.74 Å². The normalized spacial score (nSPS) is 10.8. The molecule has 4 nitrogen and oxygen atoms in total. The maximum Gasteiger partial charge on any atom is 0.337 e. The highest BCUT2D eigenvalue weighted by Gasteiger charge is 2.20. The maximum atomic E-state index is 11.4. The minimum absolute atomic E-state index is 0.0117. The first-order valence-electron chi connectivity index (χ1n) is 5.96. The Labute approximate surface area is 118 Å². The standard InChI is InChI=1S/C16H16O4/c1-11-5-7-14(8-6-11)9-10-15(20-13(3)17)12(2)16(18)19-4/h5-8,15H,2H2,1,3-4H3. The van der Waals surface area contributed by atoms with Crippen molar-refractivity contribution in [3.05, 3.63) is 47.5 Å². The van der Waals surface area contributed by atoms with E-state index in [9.17, 15) is 9.59 Å². The Morgan fingerprint density at radius 3 is 2.35 bits per heavy atom. The topological polar surface area (TPSA) is 52.6 Å². The van der Waals surface area contributed by atoms with E-state index in [-0.39, 0.29) is 5.57 Å². The van der Waals surface area contributed by atoms with Gasteiger partial charge in [0, 0.05) is 12.5 Å². The first-order chi connectivity index (χ1) is 9.43. The van der Waals surface area contributed by atoms with Crippen LogP contribution in [0.2, 0.25) is 0 Å². The largest absolute Gasteiger partial charge is 0.466 e. The van der Waals surface area contributed by atoms with Gasteiger partial charge in [0.05, 0.1) is 12.7 Å². The number of rotatable bonds is 3. The van der Waals surface area contributed by atoms with Crippen molar-refractivity contribution in [2.24, 2.45) is 0 Å². The summed E-state index contributed by atoms with van der Waals surface area (Å²) in [7, 11) is 1.23. The molecule has 0 saturated carbocycles. The third kappa shape index (κ3) is 4.62. The molecule has 104 valence electrons. The van der Waals surface area contributed by atoms with Crippen LogP contribution in [0.4, 0.5) is 0 Å². The summed E-state index contributed by atoms with van der Waals surface area (Å²) in [5.41, 5.74) is 1.86. The second-order valence-corrected chi connectivity index (χ2v) is 4.14. The van der Waals surface area contributed by atoms with Gasteiger partial charge in [-0.1, -0.05) is 30.2 Å².